The molecule has 1 N–H and O–H groups in total. The quantitative estimate of drug-likeness (QED) is 0.902. The molecular formula is C18H28N2. The van der Waals surface area contributed by atoms with Crippen molar-refractivity contribution in [1.29, 1.82) is 0 Å². The Hall–Kier alpha value is -0.860. The molecule has 1 aromatic rings. The molecule has 20 heavy (non-hydrogen) atoms. The number of likely N-dealkylation sites (N-methyl/N-ethyl adjacent to an activating group) is 1. The molecule has 0 amide bonds. The maximum Gasteiger partial charge on any atom is 0.0481 e. The Kier molecular flexibility index (Phi) is 4.42. The molecule has 1 saturated heterocycles. The molecule has 0 aromatic heterocycles. The summed E-state index contributed by atoms with van der Waals surface area (Å²) in [7, 11) is 2.12. The Bertz CT molecular complexity index is 441. The van der Waals surface area contributed by atoms with Crippen LogP contribution in [0.1, 0.15) is 56.2 Å². The fourth-order valence-corrected chi connectivity index (χ4v) is 4.33. The summed E-state index contributed by atoms with van der Waals surface area (Å²) in [6.45, 7) is 3.62. The zero-order valence-electron chi connectivity index (χ0n) is 12.9. The van der Waals surface area contributed by atoms with E-state index in [9.17, 15) is 0 Å². The molecule has 0 saturated carbocycles. The standard InChI is InChI=1S/C18H28N2/c1-3-8-15-10-6-7-12-20(15)17-13-14-9-4-5-11-16(14)18(17)19-2/h4-5,9,11,15,17-19H,3,6-8,10,12-13H2,1-2H3. The summed E-state index contributed by atoms with van der Waals surface area (Å²) >= 11 is 0. The van der Waals surface area contributed by atoms with Crippen molar-refractivity contribution >= 4 is 0 Å². The fraction of sp³-hybridized carbons (Fsp3) is 0.667. The van der Waals surface area contributed by atoms with Crippen LogP contribution in [-0.2, 0) is 6.42 Å². The molecule has 0 spiro atoms. The van der Waals surface area contributed by atoms with Crippen LogP contribution in [0.15, 0.2) is 24.3 Å². The Balaban J connectivity index is 1.83. The highest BCUT2D eigenvalue weighted by Gasteiger charge is 2.38. The molecule has 1 aliphatic heterocycles. The first-order valence-corrected chi connectivity index (χ1v) is 8.36. The minimum atomic E-state index is 0.517. The van der Waals surface area contributed by atoms with E-state index in [4.69, 9.17) is 0 Å². The van der Waals surface area contributed by atoms with E-state index in [-0.39, 0.29) is 0 Å². The highest BCUT2D eigenvalue weighted by atomic mass is 15.2. The summed E-state index contributed by atoms with van der Waals surface area (Å²) in [5.74, 6) is 0. The van der Waals surface area contributed by atoms with E-state index in [1.165, 1.54) is 50.6 Å². The zero-order valence-corrected chi connectivity index (χ0v) is 12.9. The van der Waals surface area contributed by atoms with Crippen LogP contribution in [0.3, 0.4) is 0 Å². The molecular weight excluding hydrogens is 244 g/mol. The third kappa shape index (κ3) is 2.51. The molecule has 3 rings (SSSR count). The minimum Gasteiger partial charge on any atom is -0.312 e. The van der Waals surface area contributed by atoms with Gasteiger partial charge in [-0.1, -0.05) is 44.0 Å². The maximum absolute atomic E-state index is 3.59. The van der Waals surface area contributed by atoms with Crippen LogP contribution in [-0.4, -0.2) is 30.6 Å². The lowest BCUT2D eigenvalue weighted by Gasteiger charge is -2.42. The van der Waals surface area contributed by atoms with Gasteiger partial charge in [-0.15, -0.1) is 0 Å². The van der Waals surface area contributed by atoms with E-state index in [1.807, 2.05) is 0 Å². The number of likely N-dealkylation sites (tertiary alicyclic amines) is 1. The molecule has 3 unspecified atom stereocenters. The predicted octanol–water partition coefficient (Wildman–Crippen LogP) is 3.53. The number of rotatable bonds is 4. The van der Waals surface area contributed by atoms with Crippen molar-refractivity contribution in [2.24, 2.45) is 0 Å². The average molecular weight is 272 g/mol. The number of hydrogen-bond donors (Lipinski definition) is 1. The van der Waals surface area contributed by atoms with Gasteiger partial charge in [0.1, 0.15) is 0 Å². The van der Waals surface area contributed by atoms with E-state index < -0.39 is 0 Å². The smallest absolute Gasteiger partial charge is 0.0481 e. The minimum absolute atomic E-state index is 0.517. The van der Waals surface area contributed by atoms with Gasteiger partial charge in [-0.3, -0.25) is 4.90 Å². The van der Waals surface area contributed by atoms with Crippen molar-refractivity contribution in [2.45, 2.75) is 63.6 Å². The van der Waals surface area contributed by atoms with Crippen LogP contribution in [0.5, 0.6) is 0 Å². The number of nitrogens with zero attached hydrogens (tertiary/aromatic N) is 1. The molecule has 1 fully saturated rings. The summed E-state index contributed by atoms with van der Waals surface area (Å²) in [4.78, 5) is 2.83. The molecule has 3 atom stereocenters. The van der Waals surface area contributed by atoms with Gasteiger partial charge in [-0.2, -0.15) is 0 Å². The van der Waals surface area contributed by atoms with Crippen molar-refractivity contribution < 1.29 is 0 Å². The van der Waals surface area contributed by atoms with Gasteiger partial charge in [0.25, 0.3) is 0 Å². The lowest BCUT2D eigenvalue weighted by atomic mass is 9.94. The Morgan fingerprint density at radius 2 is 2.10 bits per heavy atom. The van der Waals surface area contributed by atoms with E-state index >= 15 is 0 Å². The van der Waals surface area contributed by atoms with Crippen molar-refractivity contribution in [3.05, 3.63) is 35.4 Å². The van der Waals surface area contributed by atoms with E-state index in [2.05, 4.69) is 48.5 Å². The average Bonchev–Trinajstić information content (AvgIpc) is 2.86. The molecule has 2 aliphatic rings. The lowest BCUT2D eigenvalue weighted by Crippen LogP contribution is -2.50. The van der Waals surface area contributed by atoms with E-state index in [1.54, 1.807) is 5.56 Å². The van der Waals surface area contributed by atoms with E-state index in [0.717, 1.165) is 6.04 Å². The third-order valence-corrected chi connectivity index (χ3v) is 5.24. The molecule has 2 heteroatoms. The number of nitrogens with one attached hydrogen (secondary N) is 1. The SMILES string of the molecule is CCCC1CCCCN1C1Cc2ccccc2C1NC. The Labute approximate surface area is 123 Å². The second-order valence-corrected chi connectivity index (χ2v) is 6.41. The predicted molar refractivity (Wildman–Crippen MR) is 85.0 cm³/mol. The Morgan fingerprint density at radius 1 is 1.25 bits per heavy atom. The lowest BCUT2D eigenvalue weighted by molar-refractivity contribution is 0.0742. The third-order valence-electron chi connectivity index (χ3n) is 5.24. The summed E-state index contributed by atoms with van der Waals surface area (Å²) in [5, 5.41) is 3.59. The van der Waals surface area contributed by atoms with Crippen LogP contribution in [0.4, 0.5) is 0 Å². The second-order valence-electron chi connectivity index (χ2n) is 6.41. The van der Waals surface area contributed by atoms with Gasteiger partial charge in [-0.05, 0) is 50.4 Å². The summed E-state index contributed by atoms with van der Waals surface area (Å²) in [6.07, 6.45) is 8.10. The first-order chi connectivity index (χ1) is 9.85. The van der Waals surface area contributed by atoms with Crippen LogP contribution in [0.25, 0.3) is 0 Å². The molecule has 1 aliphatic carbocycles. The maximum atomic E-state index is 3.59. The van der Waals surface area contributed by atoms with Gasteiger partial charge < -0.3 is 5.32 Å². The van der Waals surface area contributed by atoms with Crippen molar-refractivity contribution in [2.75, 3.05) is 13.6 Å². The summed E-state index contributed by atoms with van der Waals surface area (Å²) in [5.41, 5.74) is 3.08. The van der Waals surface area contributed by atoms with Gasteiger partial charge >= 0.3 is 0 Å². The van der Waals surface area contributed by atoms with Crippen LogP contribution >= 0.6 is 0 Å². The summed E-state index contributed by atoms with van der Waals surface area (Å²) < 4.78 is 0. The highest BCUT2D eigenvalue weighted by Crippen LogP contribution is 2.37. The number of hydrogen-bond acceptors (Lipinski definition) is 2. The van der Waals surface area contributed by atoms with Crippen LogP contribution in [0, 0.1) is 0 Å². The molecule has 110 valence electrons. The molecule has 1 aromatic carbocycles. The molecule has 0 radical (unpaired) electrons. The molecule has 2 nitrogen and oxygen atoms in total. The van der Waals surface area contributed by atoms with Crippen molar-refractivity contribution in [1.82, 2.24) is 10.2 Å². The van der Waals surface area contributed by atoms with E-state index in [0.29, 0.717) is 12.1 Å². The molecule has 0 bridgehead atoms. The highest BCUT2D eigenvalue weighted by molar-refractivity contribution is 5.37. The molecule has 1 heterocycles. The largest absolute Gasteiger partial charge is 0.312 e. The first kappa shape index (κ1) is 14.1. The number of piperidine rings is 1. The topological polar surface area (TPSA) is 15.3 Å². The van der Waals surface area contributed by atoms with Crippen molar-refractivity contribution in [3.8, 4) is 0 Å². The van der Waals surface area contributed by atoms with Gasteiger partial charge in [0.2, 0.25) is 0 Å². The Morgan fingerprint density at radius 3 is 2.90 bits per heavy atom. The first-order valence-electron chi connectivity index (χ1n) is 8.36. The van der Waals surface area contributed by atoms with Crippen molar-refractivity contribution in [3.63, 3.8) is 0 Å². The van der Waals surface area contributed by atoms with Gasteiger partial charge in [-0.25, -0.2) is 0 Å². The van der Waals surface area contributed by atoms with Crippen LogP contribution < -0.4 is 5.32 Å². The summed E-state index contributed by atoms with van der Waals surface area (Å²) in [6, 6.07) is 11.0. The van der Waals surface area contributed by atoms with Gasteiger partial charge in [0.15, 0.2) is 0 Å². The van der Waals surface area contributed by atoms with Gasteiger partial charge in [0, 0.05) is 18.1 Å². The monoisotopic (exact) mass is 272 g/mol. The van der Waals surface area contributed by atoms with Gasteiger partial charge in [0.05, 0.1) is 0 Å². The zero-order chi connectivity index (χ0) is 13.9. The fourth-order valence-electron chi connectivity index (χ4n) is 4.33. The number of benzene rings is 1. The normalized spacial score (nSPS) is 30.4. The second kappa shape index (κ2) is 6.28. The van der Waals surface area contributed by atoms with Crippen LogP contribution in [0.2, 0.25) is 0 Å². The number of fused-ring (bicyclic) bond motifs is 1.